The van der Waals surface area contributed by atoms with Crippen molar-refractivity contribution < 1.29 is 19.8 Å². The lowest BCUT2D eigenvalue weighted by Crippen LogP contribution is -2.34. The highest BCUT2D eigenvalue weighted by molar-refractivity contribution is 7.17. The molecule has 3 N–H and O–H groups in total. The summed E-state index contributed by atoms with van der Waals surface area (Å²) in [5.74, 6) is -2.15. The molecule has 1 aromatic heterocycles. The number of nitrogens with zero attached hydrogens (tertiary/aromatic N) is 1. The highest BCUT2D eigenvalue weighted by Crippen LogP contribution is 2.24. The molecular weight excluding hydrogens is 244 g/mol. The molecule has 0 spiro atoms. The molecule has 1 aromatic rings. The van der Waals surface area contributed by atoms with Gasteiger partial charge in [-0.1, -0.05) is 25.2 Å². The number of hydrogen-bond donors (Lipinski definition) is 3. The van der Waals surface area contributed by atoms with E-state index in [-0.39, 0.29) is 10.8 Å². The minimum Gasteiger partial charge on any atom is -0.480 e. The van der Waals surface area contributed by atoms with Crippen molar-refractivity contribution >= 4 is 28.4 Å². The van der Waals surface area contributed by atoms with E-state index in [0.717, 1.165) is 11.3 Å². The van der Waals surface area contributed by atoms with Crippen molar-refractivity contribution in [1.29, 1.82) is 0 Å². The average molecular weight is 258 g/mol. The number of carbonyl (C=O) groups is 2. The van der Waals surface area contributed by atoms with Crippen LogP contribution in [0.15, 0.2) is 0 Å². The van der Waals surface area contributed by atoms with Crippen molar-refractivity contribution in [2.75, 3.05) is 5.32 Å². The van der Waals surface area contributed by atoms with Crippen LogP contribution in [0, 0.1) is 12.8 Å². The van der Waals surface area contributed by atoms with Crippen LogP contribution >= 0.6 is 11.3 Å². The van der Waals surface area contributed by atoms with Crippen molar-refractivity contribution in [2.24, 2.45) is 5.92 Å². The summed E-state index contributed by atoms with van der Waals surface area (Å²) < 4.78 is 0. The first-order chi connectivity index (χ1) is 7.82. The minimum atomic E-state index is -1.05. The maximum Gasteiger partial charge on any atom is 0.347 e. The summed E-state index contributed by atoms with van der Waals surface area (Å²) in [5, 5.41) is 20.9. The number of aromatic carboxylic acids is 1. The molecule has 0 aliphatic rings. The molecule has 6 nitrogen and oxygen atoms in total. The van der Waals surface area contributed by atoms with Crippen molar-refractivity contribution in [3.8, 4) is 0 Å². The Morgan fingerprint density at radius 1 is 1.35 bits per heavy atom. The fourth-order valence-corrected chi connectivity index (χ4v) is 2.15. The number of hydrogen-bond acceptors (Lipinski definition) is 5. The molecule has 0 aliphatic heterocycles. The van der Waals surface area contributed by atoms with Gasteiger partial charge in [0.1, 0.15) is 10.9 Å². The summed E-state index contributed by atoms with van der Waals surface area (Å²) in [7, 11) is 0. The molecular formula is C10H14N2O4S. The molecule has 0 bridgehead atoms. The van der Waals surface area contributed by atoms with Gasteiger partial charge in [-0.05, 0) is 12.8 Å². The third kappa shape index (κ3) is 3.16. The van der Waals surface area contributed by atoms with Crippen LogP contribution in [0.3, 0.4) is 0 Å². The Morgan fingerprint density at radius 2 is 1.94 bits per heavy atom. The lowest BCUT2D eigenvalue weighted by molar-refractivity contribution is -0.138. The molecule has 1 atom stereocenters. The predicted octanol–water partition coefficient (Wildman–Crippen LogP) is 1.67. The first-order valence-electron chi connectivity index (χ1n) is 5.03. The summed E-state index contributed by atoms with van der Waals surface area (Å²) >= 11 is 0.946. The van der Waals surface area contributed by atoms with E-state index in [4.69, 9.17) is 10.2 Å². The summed E-state index contributed by atoms with van der Waals surface area (Å²) in [6, 6.07) is -0.776. The Balaban J connectivity index is 2.91. The number of carboxylic acids is 2. The number of aromatic nitrogens is 1. The van der Waals surface area contributed by atoms with Crippen LogP contribution in [0.2, 0.25) is 0 Å². The Labute approximate surface area is 102 Å². The highest BCUT2D eigenvalue weighted by Gasteiger charge is 2.23. The second-order valence-corrected chi connectivity index (χ2v) is 4.94. The number of rotatable bonds is 5. The predicted molar refractivity (Wildman–Crippen MR) is 63.7 cm³/mol. The first-order valence-corrected chi connectivity index (χ1v) is 5.84. The minimum absolute atomic E-state index is 0.120. The first kappa shape index (κ1) is 13.4. The van der Waals surface area contributed by atoms with Crippen LogP contribution in [0.1, 0.15) is 29.2 Å². The topological polar surface area (TPSA) is 99.5 Å². The number of nitrogens with one attached hydrogen (secondary N) is 1. The zero-order chi connectivity index (χ0) is 13.2. The van der Waals surface area contributed by atoms with Crippen LogP contribution in [0.25, 0.3) is 0 Å². The van der Waals surface area contributed by atoms with E-state index in [1.165, 1.54) is 0 Å². The van der Waals surface area contributed by atoms with E-state index in [9.17, 15) is 9.59 Å². The van der Waals surface area contributed by atoms with E-state index in [1.807, 2.05) is 0 Å². The van der Waals surface area contributed by atoms with Gasteiger partial charge in [0.2, 0.25) is 0 Å². The number of thiazole rings is 1. The smallest absolute Gasteiger partial charge is 0.347 e. The van der Waals surface area contributed by atoms with Crippen LogP contribution in [-0.2, 0) is 4.79 Å². The Kier molecular flexibility index (Phi) is 4.06. The second-order valence-electron chi connectivity index (χ2n) is 3.94. The lowest BCUT2D eigenvalue weighted by Gasteiger charge is -2.16. The van der Waals surface area contributed by atoms with Gasteiger partial charge >= 0.3 is 11.9 Å². The summed E-state index contributed by atoms with van der Waals surface area (Å²) in [5.41, 5.74) is 0.387. The quantitative estimate of drug-likeness (QED) is 0.743. The monoisotopic (exact) mass is 258 g/mol. The van der Waals surface area contributed by atoms with Crippen molar-refractivity contribution in [1.82, 2.24) is 4.98 Å². The molecule has 7 heteroatoms. The molecule has 1 unspecified atom stereocenters. The zero-order valence-electron chi connectivity index (χ0n) is 9.72. The van der Waals surface area contributed by atoms with Crippen LogP contribution < -0.4 is 5.32 Å². The van der Waals surface area contributed by atoms with Crippen molar-refractivity contribution in [2.45, 2.75) is 26.8 Å². The fraction of sp³-hybridized carbons (Fsp3) is 0.500. The van der Waals surface area contributed by atoms with Crippen LogP contribution in [0.4, 0.5) is 5.13 Å². The van der Waals surface area contributed by atoms with Gasteiger partial charge in [0.15, 0.2) is 5.13 Å². The summed E-state index contributed by atoms with van der Waals surface area (Å²) in [4.78, 5) is 25.9. The molecule has 0 saturated heterocycles. The van der Waals surface area contributed by atoms with Crippen LogP contribution in [-0.4, -0.2) is 33.2 Å². The Bertz CT molecular complexity index is 442. The molecule has 0 aliphatic carbocycles. The number of anilines is 1. The van der Waals surface area contributed by atoms with Gasteiger partial charge < -0.3 is 15.5 Å². The molecule has 0 radical (unpaired) electrons. The second kappa shape index (κ2) is 5.13. The molecule has 17 heavy (non-hydrogen) atoms. The largest absolute Gasteiger partial charge is 0.480 e. The standard InChI is InChI=1S/C10H14N2O4S/c1-4(2)6(8(13)14)12-10-11-5(3)7(17-10)9(15)16/h4,6H,1-3H3,(H,11,12)(H,13,14)(H,15,16). The average Bonchev–Trinajstić information content (AvgIpc) is 2.55. The molecule has 0 amide bonds. The Hall–Kier alpha value is -1.63. The number of aryl methyl sites for hydroxylation is 1. The van der Waals surface area contributed by atoms with Gasteiger partial charge in [-0.25, -0.2) is 14.6 Å². The molecule has 0 fully saturated rings. The normalized spacial score (nSPS) is 12.5. The fourth-order valence-electron chi connectivity index (χ4n) is 1.30. The molecule has 1 rings (SSSR count). The van der Waals surface area contributed by atoms with E-state index in [2.05, 4.69) is 10.3 Å². The SMILES string of the molecule is Cc1nc(NC(C(=O)O)C(C)C)sc1C(=O)O. The van der Waals surface area contributed by atoms with E-state index in [1.54, 1.807) is 20.8 Å². The van der Waals surface area contributed by atoms with Crippen LogP contribution in [0.5, 0.6) is 0 Å². The van der Waals surface area contributed by atoms with Gasteiger partial charge in [0.05, 0.1) is 5.69 Å². The number of carboxylic acid groups (broad SMARTS) is 2. The molecule has 0 saturated carbocycles. The Morgan fingerprint density at radius 3 is 2.29 bits per heavy atom. The third-order valence-corrected chi connectivity index (χ3v) is 3.28. The highest BCUT2D eigenvalue weighted by atomic mass is 32.1. The van der Waals surface area contributed by atoms with Crippen molar-refractivity contribution in [3.05, 3.63) is 10.6 Å². The van der Waals surface area contributed by atoms with Gasteiger partial charge in [0.25, 0.3) is 0 Å². The third-order valence-electron chi connectivity index (χ3n) is 2.20. The molecule has 0 aromatic carbocycles. The van der Waals surface area contributed by atoms with E-state index >= 15 is 0 Å². The van der Waals surface area contributed by atoms with E-state index < -0.39 is 18.0 Å². The van der Waals surface area contributed by atoms with Crippen molar-refractivity contribution in [3.63, 3.8) is 0 Å². The number of aliphatic carboxylic acids is 1. The summed E-state index contributed by atoms with van der Waals surface area (Å²) in [6.07, 6.45) is 0. The lowest BCUT2D eigenvalue weighted by atomic mass is 10.1. The van der Waals surface area contributed by atoms with Gasteiger partial charge in [0, 0.05) is 0 Å². The summed E-state index contributed by atoms with van der Waals surface area (Å²) in [6.45, 7) is 5.12. The van der Waals surface area contributed by atoms with Gasteiger partial charge in [-0.15, -0.1) is 0 Å². The van der Waals surface area contributed by atoms with E-state index in [0.29, 0.717) is 10.8 Å². The molecule has 94 valence electrons. The van der Waals surface area contributed by atoms with Gasteiger partial charge in [-0.3, -0.25) is 0 Å². The molecule has 1 heterocycles. The zero-order valence-corrected chi connectivity index (χ0v) is 10.5. The maximum absolute atomic E-state index is 11.0. The van der Waals surface area contributed by atoms with Gasteiger partial charge in [-0.2, -0.15) is 0 Å². The maximum atomic E-state index is 11.0.